The molecule has 0 bridgehead atoms. The van der Waals surface area contributed by atoms with Gasteiger partial charge in [0.1, 0.15) is 5.03 Å². The second-order valence-corrected chi connectivity index (χ2v) is 5.01. The van der Waals surface area contributed by atoms with Crippen LogP contribution in [-0.4, -0.2) is 21.8 Å². The Labute approximate surface area is 101 Å². The molecule has 0 aliphatic carbocycles. The SMILES string of the molecule is CCCCSc1ncc(Br)cc1C(=O)O. The molecule has 1 aromatic rings. The van der Waals surface area contributed by atoms with Crippen molar-refractivity contribution >= 4 is 33.7 Å². The highest BCUT2D eigenvalue weighted by molar-refractivity contribution is 9.10. The van der Waals surface area contributed by atoms with E-state index in [0.717, 1.165) is 18.6 Å². The van der Waals surface area contributed by atoms with Crippen LogP contribution in [0.4, 0.5) is 0 Å². The molecule has 0 aliphatic rings. The third-order valence-electron chi connectivity index (χ3n) is 1.78. The molecule has 0 saturated heterocycles. The van der Waals surface area contributed by atoms with Gasteiger partial charge in [0, 0.05) is 10.7 Å². The minimum absolute atomic E-state index is 0.269. The molecule has 5 heteroatoms. The van der Waals surface area contributed by atoms with E-state index in [9.17, 15) is 4.79 Å². The van der Waals surface area contributed by atoms with Crippen LogP contribution in [0.2, 0.25) is 0 Å². The Morgan fingerprint density at radius 1 is 1.67 bits per heavy atom. The van der Waals surface area contributed by atoms with E-state index in [1.54, 1.807) is 12.3 Å². The Bertz CT molecular complexity index is 357. The fraction of sp³-hybridized carbons (Fsp3) is 0.400. The van der Waals surface area contributed by atoms with Crippen molar-refractivity contribution in [2.24, 2.45) is 0 Å². The maximum Gasteiger partial charge on any atom is 0.338 e. The molecule has 0 amide bonds. The smallest absolute Gasteiger partial charge is 0.338 e. The summed E-state index contributed by atoms with van der Waals surface area (Å²) in [5.41, 5.74) is 0.269. The lowest BCUT2D eigenvalue weighted by atomic mass is 10.3. The number of carboxylic acid groups (broad SMARTS) is 1. The molecule has 1 rings (SSSR count). The Kier molecular flexibility index (Phi) is 5.11. The number of carboxylic acids is 1. The van der Waals surface area contributed by atoms with Gasteiger partial charge in [-0.1, -0.05) is 13.3 Å². The Morgan fingerprint density at radius 2 is 2.40 bits per heavy atom. The number of aromatic carboxylic acids is 1. The third-order valence-corrected chi connectivity index (χ3v) is 3.31. The predicted octanol–water partition coefficient (Wildman–Crippen LogP) is 3.43. The van der Waals surface area contributed by atoms with Gasteiger partial charge in [-0.05, 0) is 34.2 Å². The number of hydrogen-bond acceptors (Lipinski definition) is 3. The van der Waals surface area contributed by atoms with Gasteiger partial charge in [0.05, 0.1) is 5.56 Å². The molecule has 0 unspecified atom stereocenters. The fourth-order valence-corrected chi connectivity index (χ4v) is 2.39. The number of rotatable bonds is 5. The summed E-state index contributed by atoms with van der Waals surface area (Å²) in [5.74, 6) is -0.0198. The van der Waals surface area contributed by atoms with Gasteiger partial charge in [0.2, 0.25) is 0 Å². The summed E-state index contributed by atoms with van der Waals surface area (Å²) in [6, 6.07) is 1.59. The van der Waals surface area contributed by atoms with Crippen LogP contribution in [0.5, 0.6) is 0 Å². The summed E-state index contributed by atoms with van der Waals surface area (Å²) in [6.07, 6.45) is 3.80. The number of hydrogen-bond donors (Lipinski definition) is 1. The summed E-state index contributed by atoms with van der Waals surface area (Å²) < 4.78 is 0.694. The van der Waals surface area contributed by atoms with Crippen molar-refractivity contribution in [2.75, 3.05) is 5.75 Å². The largest absolute Gasteiger partial charge is 0.478 e. The van der Waals surface area contributed by atoms with Crippen molar-refractivity contribution < 1.29 is 9.90 Å². The van der Waals surface area contributed by atoms with Gasteiger partial charge in [-0.25, -0.2) is 9.78 Å². The first-order valence-corrected chi connectivity index (χ1v) is 6.44. The molecule has 0 atom stereocenters. The molecular weight excluding hydrogens is 278 g/mol. The average Bonchev–Trinajstić information content (AvgIpc) is 2.20. The van der Waals surface area contributed by atoms with Crippen LogP contribution in [0.1, 0.15) is 30.1 Å². The van der Waals surface area contributed by atoms with Crippen molar-refractivity contribution in [3.63, 3.8) is 0 Å². The summed E-state index contributed by atoms with van der Waals surface area (Å²) in [5, 5.41) is 9.57. The van der Waals surface area contributed by atoms with Crippen molar-refractivity contribution in [1.29, 1.82) is 0 Å². The molecule has 0 fully saturated rings. The number of nitrogens with zero attached hydrogens (tertiary/aromatic N) is 1. The van der Waals surface area contributed by atoms with E-state index in [-0.39, 0.29) is 5.56 Å². The third kappa shape index (κ3) is 3.83. The van der Waals surface area contributed by atoms with E-state index >= 15 is 0 Å². The van der Waals surface area contributed by atoms with Gasteiger partial charge >= 0.3 is 5.97 Å². The van der Waals surface area contributed by atoms with Gasteiger partial charge < -0.3 is 5.11 Å². The lowest BCUT2D eigenvalue weighted by Gasteiger charge is -2.04. The van der Waals surface area contributed by atoms with Gasteiger partial charge in [-0.15, -0.1) is 11.8 Å². The number of halogens is 1. The van der Waals surface area contributed by atoms with Crippen LogP contribution in [0, 0.1) is 0 Å². The molecule has 15 heavy (non-hydrogen) atoms. The molecule has 0 aliphatic heterocycles. The zero-order chi connectivity index (χ0) is 11.3. The summed E-state index contributed by atoms with van der Waals surface area (Å²) in [4.78, 5) is 15.0. The van der Waals surface area contributed by atoms with Crippen LogP contribution < -0.4 is 0 Å². The highest BCUT2D eigenvalue weighted by atomic mass is 79.9. The van der Waals surface area contributed by atoms with E-state index in [2.05, 4.69) is 27.8 Å². The first-order chi connectivity index (χ1) is 7.15. The number of unbranched alkanes of at least 4 members (excludes halogenated alkanes) is 1. The lowest BCUT2D eigenvalue weighted by Crippen LogP contribution is -2.01. The Morgan fingerprint density at radius 3 is 3.00 bits per heavy atom. The molecule has 1 aromatic heterocycles. The number of aromatic nitrogens is 1. The van der Waals surface area contributed by atoms with Gasteiger partial charge in [0.25, 0.3) is 0 Å². The second-order valence-electron chi connectivity index (χ2n) is 3.01. The zero-order valence-electron chi connectivity index (χ0n) is 8.36. The maximum atomic E-state index is 10.9. The van der Waals surface area contributed by atoms with Crippen LogP contribution >= 0.6 is 27.7 Å². The van der Waals surface area contributed by atoms with E-state index in [1.165, 1.54) is 11.8 Å². The monoisotopic (exact) mass is 289 g/mol. The molecule has 1 heterocycles. The minimum Gasteiger partial charge on any atom is -0.478 e. The minimum atomic E-state index is -0.928. The topological polar surface area (TPSA) is 50.2 Å². The van der Waals surface area contributed by atoms with Crippen molar-refractivity contribution in [3.05, 3.63) is 22.3 Å². The van der Waals surface area contributed by atoms with E-state index < -0.39 is 5.97 Å². The van der Waals surface area contributed by atoms with Crippen molar-refractivity contribution in [2.45, 2.75) is 24.8 Å². The van der Waals surface area contributed by atoms with Gasteiger partial charge in [-0.3, -0.25) is 0 Å². The molecule has 1 N–H and O–H groups in total. The van der Waals surface area contributed by atoms with Crippen molar-refractivity contribution in [1.82, 2.24) is 4.98 Å². The summed E-state index contributed by atoms with van der Waals surface area (Å²) in [7, 11) is 0. The molecule has 0 spiro atoms. The normalized spacial score (nSPS) is 10.3. The van der Waals surface area contributed by atoms with Crippen LogP contribution in [0.15, 0.2) is 21.8 Å². The summed E-state index contributed by atoms with van der Waals surface area (Å²) in [6.45, 7) is 2.10. The van der Waals surface area contributed by atoms with Gasteiger partial charge in [0.15, 0.2) is 0 Å². The number of carbonyl (C=O) groups is 1. The second kappa shape index (κ2) is 6.12. The molecule has 82 valence electrons. The van der Waals surface area contributed by atoms with Gasteiger partial charge in [-0.2, -0.15) is 0 Å². The van der Waals surface area contributed by atoms with Crippen LogP contribution in [-0.2, 0) is 0 Å². The quantitative estimate of drug-likeness (QED) is 0.666. The molecule has 3 nitrogen and oxygen atoms in total. The first-order valence-electron chi connectivity index (χ1n) is 4.66. The van der Waals surface area contributed by atoms with Crippen LogP contribution in [0.25, 0.3) is 0 Å². The standard InChI is InChI=1S/C10H12BrNO2S/c1-2-3-4-15-9-8(10(13)14)5-7(11)6-12-9/h5-6H,2-4H2,1H3,(H,13,14). The van der Waals surface area contributed by atoms with Crippen molar-refractivity contribution in [3.8, 4) is 0 Å². The predicted molar refractivity (Wildman–Crippen MR) is 64.5 cm³/mol. The molecule has 0 saturated carbocycles. The molecule has 0 aromatic carbocycles. The van der Waals surface area contributed by atoms with E-state index in [4.69, 9.17) is 5.11 Å². The highest BCUT2D eigenvalue weighted by Crippen LogP contribution is 2.24. The molecular formula is C10H12BrNO2S. The molecule has 0 radical (unpaired) electrons. The maximum absolute atomic E-state index is 10.9. The number of pyridine rings is 1. The van der Waals surface area contributed by atoms with E-state index in [0.29, 0.717) is 9.50 Å². The fourth-order valence-electron chi connectivity index (χ4n) is 1.01. The average molecular weight is 290 g/mol. The summed E-state index contributed by atoms with van der Waals surface area (Å²) >= 11 is 4.71. The number of thioether (sulfide) groups is 1. The Balaban J connectivity index is 2.81. The lowest BCUT2D eigenvalue weighted by molar-refractivity contribution is 0.0692. The van der Waals surface area contributed by atoms with E-state index in [1.807, 2.05) is 0 Å². The van der Waals surface area contributed by atoms with Crippen LogP contribution in [0.3, 0.4) is 0 Å². The Hall–Kier alpha value is -0.550. The first kappa shape index (κ1) is 12.5. The highest BCUT2D eigenvalue weighted by Gasteiger charge is 2.12. The zero-order valence-corrected chi connectivity index (χ0v) is 10.8.